The van der Waals surface area contributed by atoms with E-state index in [4.69, 9.17) is 16.3 Å². The van der Waals surface area contributed by atoms with E-state index in [0.717, 1.165) is 31.2 Å². The Balaban J connectivity index is 2.09. The van der Waals surface area contributed by atoms with Crippen LogP contribution in [0.15, 0.2) is 41.7 Å². The Morgan fingerprint density at radius 3 is 2.45 bits per heavy atom. The fourth-order valence-corrected chi connectivity index (χ4v) is 2.66. The van der Waals surface area contributed by atoms with Crippen LogP contribution in [-0.2, 0) is 6.54 Å². The van der Waals surface area contributed by atoms with Gasteiger partial charge in [-0.2, -0.15) is 10.5 Å². The van der Waals surface area contributed by atoms with Crippen molar-refractivity contribution in [1.82, 2.24) is 10.6 Å². The van der Waals surface area contributed by atoms with Crippen molar-refractivity contribution in [3.8, 4) is 12.1 Å². The van der Waals surface area contributed by atoms with Gasteiger partial charge < -0.3 is 16.4 Å². The summed E-state index contributed by atoms with van der Waals surface area (Å²) in [6, 6.07) is 13.9. The van der Waals surface area contributed by atoms with Crippen molar-refractivity contribution in [1.29, 1.82) is 10.5 Å². The van der Waals surface area contributed by atoms with Crippen molar-refractivity contribution in [2.24, 2.45) is 5.73 Å². The molecule has 1 fully saturated rings. The molecule has 1 aliphatic carbocycles. The van der Waals surface area contributed by atoms with Gasteiger partial charge in [-0.1, -0.05) is 43.2 Å². The molecule has 0 heterocycles. The van der Waals surface area contributed by atoms with Crippen LogP contribution in [0.25, 0.3) is 0 Å². The normalized spacial score (nSPS) is 20.3. The van der Waals surface area contributed by atoms with E-state index in [1.54, 1.807) is 0 Å². The first-order chi connectivity index (χ1) is 10.7. The predicted molar refractivity (Wildman–Crippen MR) is 84.9 cm³/mol. The van der Waals surface area contributed by atoms with Crippen LogP contribution in [0.2, 0.25) is 0 Å². The number of nitrogens with one attached hydrogen (secondary N) is 2. The van der Waals surface area contributed by atoms with Gasteiger partial charge in [-0.25, -0.2) is 0 Å². The van der Waals surface area contributed by atoms with Crippen molar-refractivity contribution >= 4 is 0 Å². The SMILES string of the molecule is N#CC(C#N)=C(NCc1ccccc1)N[C@@H]1CCCC[C@H]1N. The molecule has 0 amide bonds. The fraction of sp³-hybridized carbons (Fsp3) is 0.412. The summed E-state index contributed by atoms with van der Waals surface area (Å²) in [6.07, 6.45) is 4.19. The van der Waals surface area contributed by atoms with Gasteiger partial charge in [0.1, 0.15) is 18.0 Å². The molecule has 114 valence electrons. The van der Waals surface area contributed by atoms with E-state index in [-0.39, 0.29) is 17.7 Å². The number of nitrogens with two attached hydrogens (primary N) is 1. The molecule has 0 saturated heterocycles. The van der Waals surface area contributed by atoms with Crippen molar-refractivity contribution in [3.05, 3.63) is 47.3 Å². The summed E-state index contributed by atoms with van der Waals surface area (Å²) in [7, 11) is 0. The molecule has 5 heteroatoms. The molecule has 22 heavy (non-hydrogen) atoms. The van der Waals surface area contributed by atoms with Crippen LogP contribution < -0.4 is 16.4 Å². The van der Waals surface area contributed by atoms with E-state index >= 15 is 0 Å². The van der Waals surface area contributed by atoms with E-state index in [0.29, 0.717) is 12.4 Å². The van der Waals surface area contributed by atoms with Crippen molar-refractivity contribution in [2.45, 2.75) is 44.3 Å². The van der Waals surface area contributed by atoms with Crippen LogP contribution in [-0.4, -0.2) is 12.1 Å². The second-order valence-electron chi connectivity index (χ2n) is 5.51. The maximum atomic E-state index is 9.15. The molecule has 2 atom stereocenters. The maximum absolute atomic E-state index is 9.15. The van der Waals surface area contributed by atoms with Gasteiger partial charge in [0.2, 0.25) is 0 Å². The summed E-state index contributed by atoms with van der Waals surface area (Å²) in [6.45, 7) is 0.554. The average molecular weight is 295 g/mol. The zero-order valence-corrected chi connectivity index (χ0v) is 12.5. The van der Waals surface area contributed by atoms with E-state index in [2.05, 4.69) is 10.6 Å². The minimum Gasteiger partial charge on any atom is -0.366 e. The van der Waals surface area contributed by atoms with Gasteiger partial charge in [-0.3, -0.25) is 0 Å². The van der Waals surface area contributed by atoms with Crippen molar-refractivity contribution in [3.63, 3.8) is 0 Å². The largest absolute Gasteiger partial charge is 0.366 e. The summed E-state index contributed by atoms with van der Waals surface area (Å²) < 4.78 is 0. The Kier molecular flexibility index (Phi) is 5.82. The van der Waals surface area contributed by atoms with Gasteiger partial charge >= 0.3 is 0 Å². The summed E-state index contributed by atoms with van der Waals surface area (Å²) >= 11 is 0. The molecule has 4 N–H and O–H groups in total. The Labute approximate surface area is 131 Å². The van der Waals surface area contributed by atoms with Crippen LogP contribution in [0.4, 0.5) is 0 Å². The van der Waals surface area contributed by atoms with Crippen LogP contribution in [0.1, 0.15) is 31.2 Å². The van der Waals surface area contributed by atoms with Gasteiger partial charge in [0.15, 0.2) is 5.57 Å². The number of allylic oxidation sites excluding steroid dienone is 1. The van der Waals surface area contributed by atoms with Crippen LogP contribution in [0.5, 0.6) is 0 Å². The maximum Gasteiger partial charge on any atom is 0.169 e. The molecular formula is C17H21N5. The van der Waals surface area contributed by atoms with Gasteiger partial charge in [-0.15, -0.1) is 0 Å². The molecule has 1 aromatic carbocycles. The predicted octanol–water partition coefficient (Wildman–Crippen LogP) is 1.89. The second kappa shape index (κ2) is 8.07. The molecule has 0 radical (unpaired) electrons. The number of benzene rings is 1. The Bertz CT molecular complexity index is 578. The first-order valence-electron chi connectivity index (χ1n) is 7.59. The fourth-order valence-electron chi connectivity index (χ4n) is 2.66. The first-order valence-corrected chi connectivity index (χ1v) is 7.59. The Morgan fingerprint density at radius 1 is 1.14 bits per heavy atom. The molecule has 1 aliphatic rings. The van der Waals surface area contributed by atoms with Crippen LogP contribution >= 0.6 is 0 Å². The Hall–Kier alpha value is -2.50. The molecule has 0 bridgehead atoms. The highest BCUT2D eigenvalue weighted by molar-refractivity contribution is 5.39. The van der Waals surface area contributed by atoms with Gasteiger partial charge in [-0.05, 0) is 18.4 Å². The summed E-state index contributed by atoms with van der Waals surface area (Å²) in [5.41, 5.74) is 7.29. The number of rotatable bonds is 5. The lowest BCUT2D eigenvalue weighted by Gasteiger charge is -2.31. The molecule has 5 nitrogen and oxygen atoms in total. The lowest BCUT2D eigenvalue weighted by Crippen LogP contribution is -2.48. The molecule has 0 unspecified atom stereocenters. The smallest absolute Gasteiger partial charge is 0.169 e. The summed E-state index contributed by atoms with van der Waals surface area (Å²) in [4.78, 5) is 0. The zero-order chi connectivity index (χ0) is 15.8. The van der Waals surface area contributed by atoms with E-state index in [1.807, 2.05) is 42.5 Å². The number of hydrogen-bond donors (Lipinski definition) is 3. The molecule has 1 aromatic rings. The lowest BCUT2D eigenvalue weighted by atomic mass is 9.91. The van der Waals surface area contributed by atoms with Gasteiger partial charge in [0.05, 0.1) is 0 Å². The van der Waals surface area contributed by atoms with Crippen molar-refractivity contribution in [2.75, 3.05) is 0 Å². The summed E-state index contributed by atoms with van der Waals surface area (Å²) in [5, 5.41) is 24.7. The highest BCUT2D eigenvalue weighted by Gasteiger charge is 2.23. The van der Waals surface area contributed by atoms with Crippen molar-refractivity contribution < 1.29 is 0 Å². The molecule has 2 rings (SSSR count). The third-order valence-corrected chi connectivity index (χ3v) is 3.93. The minimum absolute atomic E-state index is 0.0564. The van der Waals surface area contributed by atoms with Crippen LogP contribution in [0, 0.1) is 22.7 Å². The third-order valence-electron chi connectivity index (χ3n) is 3.93. The molecule has 0 aliphatic heterocycles. The summed E-state index contributed by atoms with van der Waals surface area (Å²) in [5.74, 6) is 0.483. The number of nitriles is 2. The molecule has 1 saturated carbocycles. The zero-order valence-electron chi connectivity index (χ0n) is 12.5. The molecule has 0 spiro atoms. The van der Waals surface area contributed by atoms with E-state index in [1.165, 1.54) is 0 Å². The highest BCUT2D eigenvalue weighted by atomic mass is 15.1. The van der Waals surface area contributed by atoms with E-state index in [9.17, 15) is 0 Å². The topological polar surface area (TPSA) is 97.7 Å². The quantitative estimate of drug-likeness (QED) is 0.721. The standard InChI is InChI=1S/C17H21N5/c18-10-14(11-19)17(21-12-13-6-2-1-3-7-13)22-16-9-5-4-8-15(16)20/h1-3,6-7,15-16,21-22H,4-5,8-9,12,20H2/t15-,16-/m1/s1. The number of nitrogens with zero attached hydrogens (tertiary/aromatic N) is 2. The van der Waals surface area contributed by atoms with Gasteiger partial charge in [0.25, 0.3) is 0 Å². The molecule has 0 aromatic heterocycles. The van der Waals surface area contributed by atoms with E-state index < -0.39 is 0 Å². The third kappa shape index (κ3) is 4.25. The van der Waals surface area contributed by atoms with Crippen LogP contribution in [0.3, 0.4) is 0 Å². The first kappa shape index (κ1) is 15.9. The average Bonchev–Trinajstić information content (AvgIpc) is 2.56. The van der Waals surface area contributed by atoms with Gasteiger partial charge in [0, 0.05) is 18.6 Å². The second-order valence-corrected chi connectivity index (χ2v) is 5.51. The minimum atomic E-state index is 0.0564. The molecular weight excluding hydrogens is 274 g/mol. The number of hydrogen-bond acceptors (Lipinski definition) is 5. The lowest BCUT2D eigenvalue weighted by molar-refractivity contribution is 0.339. The Morgan fingerprint density at radius 2 is 1.82 bits per heavy atom. The monoisotopic (exact) mass is 295 g/mol. The highest BCUT2D eigenvalue weighted by Crippen LogP contribution is 2.18.